The molecular formula is C6H7NO3. The highest BCUT2D eigenvalue weighted by molar-refractivity contribution is 5.97. The predicted octanol–water partition coefficient (Wildman–Crippen LogP) is 0.190. The molecule has 0 saturated carbocycles. The molecule has 0 aromatic carbocycles. The van der Waals surface area contributed by atoms with Crippen LogP contribution in [0.5, 0.6) is 0 Å². The second-order valence-corrected chi connectivity index (χ2v) is 1.86. The van der Waals surface area contributed by atoms with Gasteiger partial charge in [0.1, 0.15) is 11.7 Å². The van der Waals surface area contributed by atoms with E-state index in [2.05, 4.69) is 0 Å². The van der Waals surface area contributed by atoms with E-state index in [9.17, 15) is 9.59 Å². The minimum Gasteiger partial charge on any atom is -0.481 e. The van der Waals surface area contributed by atoms with Gasteiger partial charge in [0.25, 0.3) is 0 Å². The van der Waals surface area contributed by atoms with Gasteiger partial charge >= 0.3 is 5.97 Å². The average Bonchev–Trinajstić information content (AvgIpc) is 1.81. The van der Waals surface area contributed by atoms with Gasteiger partial charge in [-0.2, -0.15) is 5.26 Å². The van der Waals surface area contributed by atoms with Gasteiger partial charge in [0.15, 0.2) is 0 Å². The molecule has 0 rings (SSSR count). The van der Waals surface area contributed by atoms with Crippen molar-refractivity contribution in [2.75, 3.05) is 0 Å². The molecule has 0 aliphatic rings. The lowest BCUT2D eigenvalue weighted by atomic mass is 10.0. The lowest BCUT2D eigenvalue weighted by Gasteiger charge is -2.00. The summed E-state index contributed by atoms with van der Waals surface area (Å²) in [7, 11) is 0. The van der Waals surface area contributed by atoms with Gasteiger partial charge in [0.2, 0.25) is 0 Å². The van der Waals surface area contributed by atoms with Crippen LogP contribution in [-0.4, -0.2) is 16.9 Å². The maximum Gasteiger partial charge on any atom is 0.315 e. The van der Waals surface area contributed by atoms with E-state index in [1.807, 2.05) is 0 Å². The molecule has 0 radical (unpaired) electrons. The molecule has 0 aliphatic heterocycles. The number of hydrogen-bond acceptors (Lipinski definition) is 3. The summed E-state index contributed by atoms with van der Waals surface area (Å²) in [5.41, 5.74) is 0. The molecule has 4 heteroatoms. The summed E-state index contributed by atoms with van der Waals surface area (Å²) in [6.45, 7) is 1.16. The molecule has 0 aliphatic carbocycles. The van der Waals surface area contributed by atoms with Crippen molar-refractivity contribution in [2.45, 2.75) is 13.3 Å². The number of ketones is 1. The first-order valence-corrected chi connectivity index (χ1v) is 2.69. The molecule has 0 aromatic heterocycles. The zero-order valence-electron chi connectivity index (χ0n) is 5.50. The van der Waals surface area contributed by atoms with Crippen molar-refractivity contribution in [3.05, 3.63) is 0 Å². The zero-order valence-corrected chi connectivity index (χ0v) is 5.50. The van der Waals surface area contributed by atoms with Crippen LogP contribution in [0.1, 0.15) is 13.3 Å². The fourth-order valence-electron chi connectivity index (χ4n) is 0.496. The van der Waals surface area contributed by atoms with Crippen LogP contribution >= 0.6 is 0 Å². The van der Waals surface area contributed by atoms with E-state index in [1.165, 1.54) is 0 Å². The van der Waals surface area contributed by atoms with Gasteiger partial charge in [0, 0.05) is 0 Å². The minimum atomic E-state index is -1.23. The number of nitriles is 1. The van der Waals surface area contributed by atoms with Crippen molar-refractivity contribution >= 4 is 11.8 Å². The number of carboxylic acids is 1. The van der Waals surface area contributed by atoms with E-state index in [-0.39, 0.29) is 6.42 Å². The van der Waals surface area contributed by atoms with Crippen molar-refractivity contribution in [1.29, 1.82) is 5.26 Å². The van der Waals surface area contributed by atoms with Crippen LogP contribution < -0.4 is 0 Å². The monoisotopic (exact) mass is 141 g/mol. The fraction of sp³-hybridized carbons (Fsp3) is 0.500. The maximum atomic E-state index is 10.4. The van der Waals surface area contributed by atoms with Crippen LogP contribution in [0.3, 0.4) is 0 Å². The zero-order chi connectivity index (χ0) is 8.15. The number of rotatable bonds is 3. The standard InChI is InChI=1S/C6H7NO3/c1-4(8)5(2-3-7)6(9)10/h5H,2H2,1H3,(H,9,10). The summed E-state index contributed by atoms with van der Waals surface area (Å²) in [4.78, 5) is 20.6. The van der Waals surface area contributed by atoms with Gasteiger partial charge in [-0.15, -0.1) is 0 Å². The average molecular weight is 141 g/mol. The van der Waals surface area contributed by atoms with Crippen molar-refractivity contribution in [1.82, 2.24) is 0 Å². The van der Waals surface area contributed by atoms with Crippen LogP contribution in [0.25, 0.3) is 0 Å². The SMILES string of the molecule is CC(=O)C(CC#N)C(=O)O. The summed E-state index contributed by atoms with van der Waals surface area (Å²) in [5, 5.41) is 16.4. The Labute approximate surface area is 58.1 Å². The van der Waals surface area contributed by atoms with Crippen LogP contribution in [0.15, 0.2) is 0 Å². The molecule has 4 nitrogen and oxygen atoms in total. The van der Waals surface area contributed by atoms with E-state index in [0.29, 0.717) is 0 Å². The molecule has 0 spiro atoms. The van der Waals surface area contributed by atoms with Crippen LogP contribution in [0.4, 0.5) is 0 Å². The molecule has 1 atom stereocenters. The topological polar surface area (TPSA) is 78.2 Å². The Balaban J connectivity index is 4.15. The number of nitrogens with zero attached hydrogens (tertiary/aromatic N) is 1. The van der Waals surface area contributed by atoms with Crippen LogP contribution in [-0.2, 0) is 9.59 Å². The highest BCUT2D eigenvalue weighted by Crippen LogP contribution is 2.02. The Kier molecular flexibility index (Phi) is 3.12. The highest BCUT2D eigenvalue weighted by atomic mass is 16.4. The van der Waals surface area contributed by atoms with E-state index in [1.54, 1.807) is 6.07 Å². The van der Waals surface area contributed by atoms with Crippen molar-refractivity contribution in [2.24, 2.45) is 5.92 Å². The molecule has 0 amide bonds. The molecule has 10 heavy (non-hydrogen) atoms. The van der Waals surface area contributed by atoms with Crippen molar-refractivity contribution in [3.8, 4) is 6.07 Å². The van der Waals surface area contributed by atoms with Crippen molar-refractivity contribution < 1.29 is 14.7 Å². The molecule has 0 aromatic rings. The number of hydrogen-bond donors (Lipinski definition) is 1. The normalized spacial score (nSPS) is 11.6. The molecule has 0 fully saturated rings. The largest absolute Gasteiger partial charge is 0.481 e. The lowest BCUT2D eigenvalue weighted by molar-refractivity contribution is -0.145. The smallest absolute Gasteiger partial charge is 0.315 e. The fourth-order valence-corrected chi connectivity index (χ4v) is 0.496. The van der Waals surface area contributed by atoms with Gasteiger partial charge in [-0.3, -0.25) is 9.59 Å². The molecule has 0 bridgehead atoms. The predicted molar refractivity (Wildman–Crippen MR) is 32.0 cm³/mol. The van der Waals surface area contributed by atoms with Crippen LogP contribution in [0, 0.1) is 17.2 Å². The first-order chi connectivity index (χ1) is 4.59. The number of carbonyl (C=O) groups excluding carboxylic acids is 1. The Morgan fingerprint density at radius 3 is 2.30 bits per heavy atom. The van der Waals surface area contributed by atoms with Gasteiger partial charge < -0.3 is 5.11 Å². The van der Waals surface area contributed by atoms with E-state index in [0.717, 1.165) is 6.92 Å². The van der Waals surface area contributed by atoms with E-state index >= 15 is 0 Å². The Bertz CT molecular complexity index is 178. The second-order valence-electron chi connectivity index (χ2n) is 1.86. The summed E-state index contributed by atoms with van der Waals surface area (Å²) >= 11 is 0. The van der Waals surface area contributed by atoms with Gasteiger partial charge in [0.05, 0.1) is 12.5 Å². The summed E-state index contributed by atoms with van der Waals surface area (Å²) in [6, 6.07) is 1.63. The Hall–Kier alpha value is -1.37. The number of carbonyl (C=O) groups is 2. The van der Waals surface area contributed by atoms with Gasteiger partial charge in [-0.1, -0.05) is 0 Å². The highest BCUT2D eigenvalue weighted by Gasteiger charge is 2.21. The first-order valence-electron chi connectivity index (χ1n) is 2.69. The third kappa shape index (κ3) is 2.27. The third-order valence-corrected chi connectivity index (χ3v) is 1.08. The van der Waals surface area contributed by atoms with E-state index < -0.39 is 17.7 Å². The van der Waals surface area contributed by atoms with Gasteiger partial charge in [-0.05, 0) is 6.92 Å². The number of carboxylic acid groups (broad SMARTS) is 1. The molecule has 1 unspecified atom stereocenters. The van der Waals surface area contributed by atoms with Crippen LogP contribution in [0.2, 0.25) is 0 Å². The quantitative estimate of drug-likeness (QED) is 0.569. The maximum absolute atomic E-state index is 10.4. The third-order valence-electron chi connectivity index (χ3n) is 1.08. The Morgan fingerprint density at radius 2 is 2.20 bits per heavy atom. The molecular weight excluding hydrogens is 134 g/mol. The van der Waals surface area contributed by atoms with E-state index in [4.69, 9.17) is 10.4 Å². The molecule has 0 saturated heterocycles. The molecule has 54 valence electrons. The van der Waals surface area contributed by atoms with Gasteiger partial charge in [-0.25, -0.2) is 0 Å². The summed E-state index contributed by atoms with van der Waals surface area (Å²) < 4.78 is 0. The summed E-state index contributed by atoms with van der Waals surface area (Å²) in [5.74, 6) is -2.85. The lowest BCUT2D eigenvalue weighted by Crippen LogP contribution is -2.20. The van der Waals surface area contributed by atoms with Crippen molar-refractivity contribution in [3.63, 3.8) is 0 Å². The number of Topliss-reactive ketones (excluding diaryl/α,β-unsaturated/α-hetero) is 1. The second kappa shape index (κ2) is 3.62. The summed E-state index contributed by atoms with van der Waals surface area (Å²) in [6.07, 6.45) is -0.245. The molecule has 1 N–H and O–H groups in total. The molecule has 0 heterocycles. The Morgan fingerprint density at radius 1 is 1.70 bits per heavy atom. The minimum absolute atomic E-state index is 0.245. The first kappa shape index (κ1) is 8.63. The number of aliphatic carboxylic acids is 1.